The van der Waals surface area contributed by atoms with Crippen LogP contribution in [-0.4, -0.2) is 11.0 Å². The fraction of sp³-hybridized carbons (Fsp3) is 0.688. The van der Waals surface area contributed by atoms with Crippen molar-refractivity contribution in [2.45, 2.75) is 58.9 Å². The molecular weight excluding hydrogens is 300 g/mol. The van der Waals surface area contributed by atoms with Gasteiger partial charge in [0.15, 0.2) is 0 Å². The van der Waals surface area contributed by atoms with Crippen LogP contribution in [0, 0.1) is 11.3 Å². The first-order valence-electron chi connectivity index (χ1n) is 7.39. The molecule has 3 heteroatoms. The molecule has 1 heterocycles. The molecule has 0 spiro atoms. The number of rotatable bonds is 4. The van der Waals surface area contributed by atoms with Crippen LogP contribution in [0.4, 0.5) is 5.69 Å². The van der Waals surface area contributed by atoms with Crippen LogP contribution in [0.3, 0.4) is 0 Å². The van der Waals surface area contributed by atoms with Gasteiger partial charge in [-0.3, -0.25) is 0 Å². The van der Waals surface area contributed by atoms with Crippen molar-refractivity contribution in [1.82, 2.24) is 4.98 Å². The van der Waals surface area contributed by atoms with Gasteiger partial charge in [0.2, 0.25) is 0 Å². The molecule has 0 radical (unpaired) electrons. The molecular formula is C16H25BrN2. The lowest BCUT2D eigenvalue weighted by Crippen LogP contribution is -2.32. The van der Waals surface area contributed by atoms with E-state index in [1.807, 2.05) is 12.3 Å². The van der Waals surface area contributed by atoms with E-state index in [-0.39, 0.29) is 0 Å². The molecule has 1 aromatic rings. The van der Waals surface area contributed by atoms with Crippen molar-refractivity contribution in [3.63, 3.8) is 0 Å². The number of nitrogens with one attached hydrogen (secondary N) is 1. The van der Waals surface area contributed by atoms with E-state index in [1.165, 1.54) is 32.1 Å². The minimum atomic E-state index is 0.504. The van der Waals surface area contributed by atoms with E-state index in [9.17, 15) is 0 Å². The number of hydrogen-bond donors (Lipinski definition) is 1. The van der Waals surface area contributed by atoms with Crippen molar-refractivity contribution in [1.29, 1.82) is 0 Å². The molecule has 0 aliphatic heterocycles. The molecule has 0 bridgehead atoms. The summed E-state index contributed by atoms with van der Waals surface area (Å²) in [6.45, 7) is 7.16. The van der Waals surface area contributed by atoms with E-state index in [2.05, 4.69) is 53.1 Å². The van der Waals surface area contributed by atoms with E-state index in [0.29, 0.717) is 11.5 Å². The molecule has 1 fully saturated rings. The number of anilines is 1. The Balaban J connectivity index is 1.85. The maximum atomic E-state index is 4.27. The van der Waals surface area contributed by atoms with Crippen LogP contribution < -0.4 is 5.32 Å². The van der Waals surface area contributed by atoms with E-state index >= 15 is 0 Å². The first-order valence-corrected chi connectivity index (χ1v) is 8.18. The second-order valence-electron chi connectivity index (χ2n) is 6.40. The van der Waals surface area contributed by atoms with E-state index in [1.54, 1.807) is 0 Å². The van der Waals surface area contributed by atoms with E-state index in [4.69, 9.17) is 0 Å². The number of nitrogens with zero attached hydrogens (tertiary/aromatic N) is 1. The predicted molar refractivity (Wildman–Crippen MR) is 85.4 cm³/mol. The lowest BCUT2D eigenvalue weighted by molar-refractivity contribution is 0.147. The fourth-order valence-corrected chi connectivity index (χ4v) is 3.24. The summed E-state index contributed by atoms with van der Waals surface area (Å²) in [6.07, 6.45) is 8.46. The maximum absolute atomic E-state index is 4.27. The molecule has 2 nitrogen and oxygen atoms in total. The SMILES string of the molecule is CCC(C)(C)C1CCC(Nc2ccc(Br)nc2)CC1. The summed E-state index contributed by atoms with van der Waals surface area (Å²) in [4.78, 5) is 4.27. The van der Waals surface area contributed by atoms with Gasteiger partial charge in [-0.1, -0.05) is 27.2 Å². The number of aromatic nitrogens is 1. The highest BCUT2D eigenvalue weighted by Gasteiger charge is 2.31. The van der Waals surface area contributed by atoms with Crippen LogP contribution in [0.25, 0.3) is 0 Å². The Labute approximate surface area is 125 Å². The zero-order valence-corrected chi connectivity index (χ0v) is 13.8. The molecule has 1 aliphatic rings. The summed E-state index contributed by atoms with van der Waals surface area (Å²) in [5, 5.41) is 3.61. The molecule has 0 atom stereocenters. The third-order valence-electron chi connectivity index (χ3n) is 4.84. The van der Waals surface area contributed by atoms with Crippen molar-refractivity contribution in [3.8, 4) is 0 Å². The maximum Gasteiger partial charge on any atom is 0.106 e. The summed E-state index contributed by atoms with van der Waals surface area (Å²) >= 11 is 3.37. The number of hydrogen-bond acceptors (Lipinski definition) is 2. The van der Waals surface area contributed by atoms with Crippen LogP contribution >= 0.6 is 15.9 Å². The average Bonchev–Trinajstić information content (AvgIpc) is 2.42. The highest BCUT2D eigenvalue weighted by molar-refractivity contribution is 9.10. The summed E-state index contributed by atoms with van der Waals surface area (Å²) < 4.78 is 0.895. The standard InChI is InChI=1S/C16H25BrN2/c1-4-16(2,3)12-5-7-13(8-6-12)19-14-9-10-15(17)18-11-14/h9-13,19H,4-8H2,1-3H3. The van der Waals surface area contributed by atoms with Gasteiger partial charge in [-0.15, -0.1) is 0 Å². The molecule has 0 unspecified atom stereocenters. The van der Waals surface area contributed by atoms with E-state index in [0.717, 1.165) is 16.2 Å². The van der Waals surface area contributed by atoms with Crippen molar-refractivity contribution >= 4 is 21.6 Å². The van der Waals surface area contributed by atoms with Gasteiger partial charge in [0.25, 0.3) is 0 Å². The lowest BCUT2D eigenvalue weighted by atomic mass is 9.69. The van der Waals surface area contributed by atoms with Gasteiger partial charge in [-0.05, 0) is 65.1 Å². The van der Waals surface area contributed by atoms with Gasteiger partial charge in [-0.2, -0.15) is 0 Å². The molecule has 1 N–H and O–H groups in total. The van der Waals surface area contributed by atoms with Crippen LogP contribution in [0.15, 0.2) is 22.9 Å². The van der Waals surface area contributed by atoms with Crippen molar-refractivity contribution in [2.24, 2.45) is 11.3 Å². The molecule has 1 aliphatic carbocycles. The number of pyridine rings is 1. The first-order chi connectivity index (χ1) is 9.01. The molecule has 1 saturated carbocycles. The molecule has 1 aromatic heterocycles. The van der Waals surface area contributed by atoms with Crippen molar-refractivity contribution < 1.29 is 0 Å². The second-order valence-corrected chi connectivity index (χ2v) is 7.22. The zero-order chi connectivity index (χ0) is 13.9. The molecule has 0 aromatic carbocycles. The largest absolute Gasteiger partial charge is 0.381 e. The quantitative estimate of drug-likeness (QED) is 0.765. The van der Waals surface area contributed by atoms with Crippen molar-refractivity contribution in [3.05, 3.63) is 22.9 Å². The monoisotopic (exact) mass is 324 g/mol. The average molecular weight is 325 g/mol. The zero-order valence-electron chi connectivity index (χ0n) is 12.2. The minimum Gasteiger partial charge on any atom is -0.381 e. The van der Waals surface area contributed by atoms with Gasteiger partial charge in [0.1, 0.15) is 4.60 Å². The Hall–Kier alpha value is -0.570. The Kier molecular flexibility index (Phi) is 4.88. The van der Waals surface area contributed by atoms with Crippen LogP contribution in [0.5, 0.6) is 0 Å². The van der Waals surface area contributed by atoms with Crippen LogP contribution in [0.1, 0.15) is 52.9 Å². The Bertz CT molecular complexity index is 392. The highest BCUT2D eigenvalue weighted by Crippen LogP contribution is 2.40. The third kappa shape index (κ3) is 3.95. The second kappa shape index (κ2) is 6.25. The first kappa shape index (κ1) is 14.8. The van der Waals surface area contributed by atoms with Gasteiger partial charge in [-0.25, -0.2) is 4.98 Å². The van der Waals surface area contributed by atoms with Gasteiger partial charge in [0, 0.05) is 6.04 Å². The topological polar surface area (TPSA) is 24.9 Å². The fourth-order valence-electron chi connectivity index (χ4n) is 3.00. The highest BCUT2D eigenvalue weighted by atomic mass is 79.9. The van der Waals surface area contributed by atoms with Crippen molar-refractivity contribution in [2.75, 3.05) is 5.32 Å². The van der Waals surface area contributed by atoms with Crippen LogP contribution in [0.2, 0.25) is 0 Å². The molecule has 106 valence electrons. The lowest BCUT2D eigenvalue weighted by Gasteiger charge is -2.39. The smallest absolute Gasteiger partial charge is 0.106 e. The molecule has 19 heavy (non-hydrogen) atoms. The summed E-state index contributed by atoms with van der Waals surface area (Å²) in [7, 11) is 0. The normalized spacial score (nSPS) is 24.2. The third-order valence-corrected chi connectivity index (χ3v) is 5.31. The number of halogens is 1. The Morgan fingerprint density at radius 2 is 1.95 bits per heavy atom. The van der Waals surface area contributed by atoms with Gasteiger partial charge < -0.3 is 5.32 Å². The van der Waals surface area contributed by atoms with Crippen LogP contribution in [-0.2, 0) is 0 Å². The molecule has 0 saturated heterocycles. The molecule has 0 amide bonds. The van der Waals surface area contributed by atoms with Gasteiger partial charge >= 0.3 is 0 Å². The van der Waals surface area contributed by atoms with E-state index < -0.39 is 0 Å². The Morgan fingerprint density at radius 3 is 2.47 bits per heavy atom. The Morgan fingerprint density at radius 1 is 1.26 bits per heavy atom. The summed E-state index contributed by atoms with van der Waals surface area (Å²) in [6, 6.07) is 4.71. The summed E-state index contributed by atoms with van der Waals surface area (Å²) in [5.41, 5.74) is 1.64. The van der Waals surface area contributed by atoms with Gasteiger partial charge in [0.05, 0.1) is 11.9 Å². The molecule has 2 rings (SSSR count). The predicted octanol–water partition coefficient (Wildman–Crippen LogP) is 5.25. The summed E-state index contributed by atoms with van der Waals surface area (Å²) in [5.74, 6) is 0.888. The minimum absolute atomic E-state index is 0.504.